The first-order valence-electron chi connectivity index (χ1n) is 5.77. The first kappa shape index (κ1) is 12.6. The van der Waals surface area contributed by atoms with E-state index in [1.807, 2.05) is 33.9 Å². The van der Waals surface area contributed by atoms with E-state index in [4.69, 9.17) is 9.84 Å². The number of aromatic nitrogens is 3. The Labute approximate surface area is 106 Å². The van der Waals surface area contributed by atoms with Crippen molar-refractivity contribution in [3.05, 3.63) is 34.8 Å². The number of nitrogens with zero attached hydrogens (tertiary/aromatic N) is 3. The van der Waals surface area contributed by atoms with Crippen molar-refractivity contribution < 1.29 is 9.84 Å². The van der Waals surface area contributed by atoms with E-state index in [1.165, 1.54) is 0 Å². The minimum absolute atomic E-state index is 0.0148. The van der Waals surface area contributed by atoms with Crippen molar-refractivity contribution in [3.63, 3.8) is 0 Å². The highest BCUT2D eigenvalue weighted by Gasteiger charge is 2.13. The number of hydrogen-bond acceptors (Lipinski definition) is 4. The van der Waals surface area contributed by atoms with Crippen molar-refractivity contribution in [1.29, 1.82) is 0 Å². The van der Waals surface area contributed by atoms with Gasteiger partial charge in [-0.2, -0.15) is 5.10 Å². The molecule has 0 aliphatic heterocycles. The summed E-state index contributed by atoms with van der Waals surface area (Å²) in [6.45, 7) is 5.74. The van der Waals surface area contributed by atoms with Gasteiger partial charge in [-0.25, -0.2) is 4.98 Å². The van der Waals surface area contributed by atoms with Crippen molar-refractivity contribution in [1.82, 2.24) is 14.8 Å². The Kier molecular flexibility index (Phi) is 3.34. The van der Waals surface area contributed by atoms with Gasteiger partial charge in [0, 0.05) is 18.8 Å². The Bertz CT molecular complexity index is 576. The van der Waals surface area contributed by atoms with Crippen LogP contribution in [0.5, 0.6) is 11.6 Å². The number of pyridine rings is 1. The molecule has 0 aliphatic rings. The van der Waals surface area contributed by atoms with E-state index >= 15 is 0 Å². The molecular formula is C13H17N3O2. The van der Waals surface area contributed by atoms with Crippen LogP contribution in [0.15, 0.2) is 12.3 Å². The molecule has 2 heterocycles. The van der Waals surface area contributed by atoms with Crippen LogP contribution in [0.1, 0.15) is 22.5 Å². The van der Waals surface area contributed by atoms with Gasteiger partial charge >= 0.3 is 0 Å². The molecule has 2 rings (SSSR count). The SMILES string of the molecule is Cc1cc(CO)cnc1Oc1c(C)nn(C)c1C. The standard InChI is InChI=1S/C13H17N3O2/c1-8-5-11(7-17)6-14-13(8)18-12-9(2)15-16(4)10(12)3/h5-6,17H,7H2,1-4H3. The summed E-state index contributed by atoms with van der Waals surface area (Å²) in [5.41, 5.74) is 3.46. The molecule has 0 spiro atoms. The highest BCUT2D eigenvalue weighted by Crippen LogP contribution is 2.28. The van der Waals surface area contributed by atoms with Crippen LogP contribution in [-0.2, 0) is 13.7 Å². The summed E-state index contributed by atoms with van der Waals surface area (Å²) in [7, 11) is 1.88. The molecule has 0 aromatic carbocycles. The van der Waals surface area contributed by atoms with Crippen LogP contribution in [0.25, 0.3) is 0 Å². The Balaban J connectivity index is 2.34. The van der Waals surface area contributed by atoms with Gasteiger partial charge in [0.2, 0.25) is 5.88 Å². The molecule has 0 amide bonds. The molecule has 0 unspecified atom stereocenters. The molecule has 0 aliphatic carbocycles. The van der Waals surface area contributed by atoms with E-state index in [9.17, 15) is 0 Å². The van der Waals surface area contributed by atoms with Gasteiger partial charge in [-0.1, -0.05) is 0 Å². The number of rotatable bonds is 3. The Morgan fingerprint density at radius 3 is 2.56 bits per heavy atom. The summed E-state index contributed by atoms with van der Waals surface area (Å²) in [6, 6.07) is 1.86. The first-order chi connectivity index (χ1) is 8.52. The Hall–Kier alpha value is -1.88. The molecule has 0 atom stereocenters. The number of aliphatic hydroxyl groups excluding tert-OH is 1. The maximum Gasteiger partial charge on any atom is 0.222 e. The number of aliphatic hydroxyl groups is 1. The number of ether oxygens (including phenoxy) is 1. The van der Waals surface area contributed by atoms with Crippen LogP contribution < -0.4 is 4.74 Å². The molecule has 96 valence electrons. The van der Waals surface area contributed by atoms with Gasteiger partial charge in [0.05, 0.1) is 12.3 Å². The van der Waals surface area contributed by atoms with Crippen molar-refractivity contribution >= 4 is 0 Å². The van der Waals surface area contributed by atoms with Crippen LogP contribution in [0.3, 0.4) is 0 Å². The lowest BCUT2D eigenvalue weighted by molar-refractivity contribution is 0.281. The summed E-state index contributed by atoms with van der Waals surface area (Å²) in [6.07, 6.45) is 1.61. The topological polar surface area (TPSA) is 60.2 Å². The maximum absolute atomic E-state index is 9.04. The zero-order chi connectivity index (χ0) is 13.3. The van der Waals surface area contributed by atoms with Crippen molar-refractivity contribution in [3.8, 4) is 11.6 Å². The summed E-state index contributed by atoms with van der Waals surface area (Å²) < 4.78 is 7.59. The van der Waals surface area contributed by atoms with Crippen LogP contribution in [0.4, 0.5) is 0 Å². The molecule has 5 heteroatoms. The van der Waals surface area contributed by atoms with E-state index in [1.54, 1.807) is 10.9 Å². The molecule has 2 aromatic heterocycles. The predicted octanol–water partition coefficient (Wildman–Crippen LogP) is 2.02. The van der Waals surface area contributed by atoms with Gasteiger partial charge in [-0.15, -0.1) is 0 Å². The average molecular weight is 247 g/mol. The fourth-order valence-electron chi connectivity index (χ4n) is 1.81. The molecule has 1 N–H and O–H groups in total. The molecular weight excluding hydrogens is 230 g/mol. The minimum atomic E-state index is -0.0148. The van der Waals surface area contributed by atoms with Crippen LogP contribution in [0, 0.1) is 20.8 Å². The fourth-order valence-corrected chi connectivity index (χ4v) is 1.81. The fraction of sp³-hybridized carbons (Fsp3) is 0.385. The van der Waals surface area contributed by atoms with E-state index in [0.29, 0.717) is 5.88 Å². The summed E-state index contributed by atoms with van der Waals surface area (Å²) in [4.78, 5) is 4.22. The third-order valence-corrected chi connectivity index (χ3v) is 2.91. The van der Waals surface area contributed by atoms with Gasteiger partial charge in [-0.3, -0.25) is 4.68 Å². The van der Waals surface area contributed by atoms with Gasteiger partial charge in [0.25, 0.3) is 0 Å². The molecule has 5 nitrogen and oxygen atoms in total. The Morgan fingerprint density at radius 2 is 2.06 bits per heavy atom. The first-order valence-corrected chi connectivity index (χ1v) is 5.77. The predicted molar refractivity (Wildman–Crippen MR) is 67.7 cm³/mol. The highest BCUT2D eigenvalue weighted by molar-refractivity contribution is 5.38. The molecule has 0 bridgehead atoms. The highest BCUT2D eigenvalue weighted by atomic mass is 16.5. The lowest BCUT2D eigenvalue weighted by atomic mass is 10.2. The second-order valence-electron chi connectivity index (χ2n) is 4.35. The number of hydrogen-bond donors (Lipinski definition) is 1. The molecule has 0 saturated heterocycles. The lowest BCUT2D eigenvalue weighted by Gasteiger charge is -2.08. The van der Waals surface area contributed by atoms with Crippen LogP contribution >= 0.6 is 0 Å². The minimum Gasteiger partial charge on any atom is -0.435 e. The van der Waals surface area contributed by atoms with Gasteiger partial charge in [0.1, 0.15) is 5.69 Å². The van der Waals surface area contributed by atoms with Gasteiger partial charge in [0.15, 0.2) is 5.75 Å². The van der Waals surface area contributed by atoms with E-state index in [-0.39, 0.29) is 6.61 Å². The monoisotopic (exact) mass is 247 g/mol. The Morgan fingerprint density at radius 1 is 1.33 bits per heavy atom. The largest absolute Gasteiger partial charge is 0.435 e. The summed E-state index contributed by atoms with van der Waals surface area (Å²) >= 11 is 0. The second kappa shape index (κ2) is 4.78. The average Bonchev–Trinajstić information content (AvgIpc) is 2.58. The molecule has 0 fully saturated rings. The maximum atomic E-state index is 9.04. The van der Waals surface area contributed by atoms with Crippen molar-refractivity contribution in [2.75, 3.05) is 0 Å². The normalized spacial score (nSPS) is 10.7. The quantitative estimate of drug-likeness (QED) is 0.901. The molecule has 0 radical (unpaired) electrons. The van der Waals surface area contributed by atoms with E-state index < -0.39 is 0 Å². The third kappa shape index (κ3) is 2.22. The van der Waals surface area contributed by atoms with E-state index in [2.05, 4.69) is 10.1 Å². The smallest absolute Gasteiger partial charge is 0.222 e. The molecule has 0 saturated carbocycles. The number of aryl methyl sites for hydroxylation is 3. The van der Waals surface area contributed by atoms with Gasteiger partial charge in [-0.05, 0) is 32.4 Å². The van der Waals surface area contributed by atoms with Crippen molar-refractivity contribution in [2.45, 2.75) is 27.4 Å². The second-order valence-corrected chi connectivity index (χ2v) is 4.35. The van der Waals surface area contributed by atoms with Crippen molar-refractivity contribution in [2.24, 2.45) is 7.05 Å². The molecule has 18 heavy (non-hydrogen) atoms. The van der Waals surface area contributed by atoms with Gasteiger partial charge < -0.3 is 9.84 Å². The zero-order valence-electron chi connectivity index (χ0n) is 11.1. The summed E-state index contributed by atoms with van der Waals surface area (Å²) in [5.74, 6) is 1.29. The third-order valence-electron chi connectivity index (χ3n) is 2.91. The molecule has 2 aromatic rings. The van der Waals surface area contributed by atoms with Crippen LogP contribution in [0.2, 0.25) is 0 Å². The lowest BCUT2D eigenvalue weighted by Crippen LogP contribution is -1.96. The van der Waals surface area contributed by atoms with E-state index in [0.717, 1.165) is 28.3 Å². The van der Waals surface area contributed by atoms with Crippen LogP contribution in [-0.4, -0.2) is 19.9 Å². The summed E-state index contributed by atoms with van der Waals surface area (Å²) in [5, 5.41) is 13.3. The zero-order valence-corrected chi connectivity index (χ0v) is 11.1.